The Balaban J connectivity index is 1.80. The van der Waals surface area contributed by atoms with Crippen LogP contribution in [-0.2, 0) is 6.61 Å². The summed E-state index contributed by atoms with van der Waals surface area (Å²) in [6, 6.07) is 11.0. The number of pyridine rings is 1. The maximum Gasteiger partial charge on any atom is 0.286 e. The Bertz CT molecular complexity index is 1190. The van der Waals surface area contributed by atoms with Crippen molar-refractivity contribution in [2.45, 2.75) is 26.5 Å². The number of nitrogens with zero attached hydrogens (tertiary/aromatic N) is 2. The SMILES string of the molecule is CCOc1cc(C(=O)NC(C)c2ccc(OCc3ccncc3)c(OC)c2)c([N+](=O)[O-])cc1OC. The van der Waals surface area contributed by atoms with Gasteiger partial charge in [0.2, 0.25) is 0 Å². The van der Waals surface area contributed by atoms with Crippen molar-refractivity contribution in [1.82, 2.24) is 10.3 Å². The van der Waals surface area contributed by atoms with Gasteiger partial charge in [0.1, 0.15) is 12.2 Å². The van der Waals surface area contributed by atoms with Gasteiger partial charge >= 0.3 is 0 Å². The van der Waals surface area contributed by atoms with Gasteiger partial charge in [0.25, 0.3) is 11.6 Å². The molecule has 1 heterocycles. The molecule has 184 valence electrons. The number of rotatable bonds is 11. The highest BCUT2D eigenvalue weighted by atomic mass is 16.6. The van der Waals surface area contributed by atoms with Gasteiger partial charge in [-0.25, -0.2) is 0 Å². The van der Waals surface area contributed by atoms with Crippen LogP contribution in [0.5, 0.6) is 23.0 Å². The summed E-state index contributed by atoms with van der Waals surface area (Å²) < 4.78 is 22.0. The molecule has 1 atom stereocenters. The molecule has 0 aliphatic rings. The van der Waals surface area contributed by atoms with Gasteiger partial charge in [-0.2, -0.15) is 0 Å². The molecular weight excluding hydrogens is 454 g/mol. The molecule has 0 saturated carbocycles. The van der Waals surface area contributed by atoms with E-state index in [0.717, 1.165) is 11.1 Å². The third-order valence-electron chi connectivity index (χ3n) is 5.20. The minimum absolute atomic E-state index is 0.129. The predicted octanol–water partition coefficient (Wildman–Crippen LogP) is 4.48. The average molecular weight is 482 g/mol. The van der Waals surface area contributed by atoms with E-state index in [9.17, 15) is 14.9 Å². The molecule has 2 aromatic carbocycles. The Morgan fingerprint density at radius 3 is 2.31 bits per heavy atom. The monoisotopic (exact) mass is 481 g/mol. The van der Waals surface area contributed by atoms with Gasteiger partial charge in [-0.05, 0) is 49.2 Å². The van der Waals surface area contributed by atoms with Gasteiger partial charge in [-0.1, -0.05) is 6.07 Å². The molecule has 0 aliphatic carbocycles. The number of ether oxygens (including phenoxy) is 4. The number of aromatic nitrogens is 1. The fraction of sp³-hybridized carbons (Fsp3) is 0.280. The van der Waals surface area contributed by atoms with Crippen LogP contribution in [0.15, 0.2) is 54.9 Å². The minimum Gasteiger partial charge on any atom is -0.493 e. The van der Waals surface area contributed by atoms with Gasteiger partial charge < -0.3 is 24.3 Å². The van der Waals surface area contributed by atoms with Crippen molar-refractivity contribution in [3.63, 3.8) is 0 Å². The summed E-state index contributed by atoms with van der Waals surface area (Å²) in [6.45, 7) is 4.18. The summed E-state index contributed by atoms with van der Waals surface area (Å²) >= 11 is 0. The van der Waals surface area contributed by atoms with Crippen molar-refractivity contribution in [1.29, 1.82) is 0 Å². The first-order valence-electron chi connectivity index (χ1n) is 10.9. The zero-order chi connectivity index (χ0) is 25.4. The number of carbonyl (C=O) groups excluding carboxylic acids is 1. The first kappa shape index (κ1) is 25.3. The Morgan fingerprint density at radius 2 is 1.69 bits per heavy atom. The van der Waals surface area contributed by atoms with Gasteiger partial charge in [0, 0.05) is 18.5 Å². The lowest BCUT2D eigenvalue weighted by Gasteiger charge is -2.18. The molecule has 0 bridgehead atoms. The normalized spacial score (nSPS) is 11.3. The average Bonchev–Trinajstić information content (AvgIpc) is 2.87. The highest BCUT2D eigenvalue weighted by Crippen LogP contribution is 2.35. The number of nitrogens with one attached hydrogen (secondary N) is 1. The lowest BCUT2D eigenvalue weighted by atomic mass is 10.1. The predicted molar refractivity (Wildman–Crippen MR) is 128 cm³/mol. The van der Waals surface area contributed by atoms with Crippen LogP contribution in [-0.4, -0.2) is 36.6 Å². The van der Waals surface area contributed by atoms with Gasteiger partial charge in [-0.15, -0.1) is 0 Å². The summed E-state index contributed by atoms with van der Waals surface area (Å²) in [5, 5.41) is 14.4. The summed E-state index contributed by atoms with van der Waals surface area (Å²) in [4.78, 5) is 28.0. The molecular formula is C25H27N3O7. The van der Waals surface area contributed by atoms with E-state index in [0.29, 0.717) is 24.7 Å². The zero-order valence-electron chi connectivity index (χ0n) is 19.9. The molecule has 1 amide bonds. The fourth-order valence-electron chi connectivity index (χ4n) is 3.38. The summed E-state index contributed by atoms with van der Waals surface area (Å²) in [6.07, 6.45) is 3.38. The van der Waals surface area contributed by atoms with Crippen LogP contribution < -0.4 is 24.3 Å². The van der Waals surface area contributed by atoms with E-state index >= 15 is 0 Å². The number of methoxy groups -OCH3 is 2. The van der Waals surface area contributed by atoms with Gasteiger partial charge in [0.05, 0.1) is 37.9 Å². The van der Waals surface area contributed by atoms with Crippen LogP contribution in [0.3, 0.4) is 0 Å². The Labute approximate surface area is 203 Å². The molecule has 1 unspecified atom stereocenters. The molecule has 0 spiro atoms. The molecule has 0 saturated heterocycles. The largest absolute Gasteiger partial charge is 0.493 e. The lowest BCUT2D eigenvalue weighted by Crippen LogP contribution is -2.27. The third kappa shape index (κ3) is 6.17. The molecule has 0 radical (unpaired) electrons. The number of nitro groups is 1. The molecule has 1 aromatic heterocycles. The fourth-order valence-corrected chi connectivity index (χ4v) is 3.38. The van der Waals surface area contributed by atoms with Crippen LogP contribution in [0.25, 0.3) is 0 Å². The third-order valence-corrected chi connectivity index (χ3v) is 5.20. The molecule has 3 aromatic rings. The molecule has 1 N–H and O–H groups in total. The number of nitro benzene ring substituents is 1. The zero-order valence-corrected chi connectivity index (χ0v) is 19.9. The standard InChI is InChI=1S/C25H27N3O7/c1-5-34-24-13-19(20(28(30)31)14-23(24)33-4)25(29)27-16(2)18-6-7-21(22(12-18)32-3)35-15-17-8-10-26-11-9-17/h6-14,16H,5,15H2,1-4H3,(H,27,29). The minimum atomic E-state index is -0.629. The van der Waals surface area contributed by atoms with E-state index in [-0.39, 0.29) is 22.7 Å². The second kappa shape index (κ2) is 11.7. The van der Waals surface area contributed by atoms with Gasteiger partial charge in [0.15, 0.2) is 23.0 Å². The Morgan fingerprint density at radius 1 is 1.00 bits per heavy atom. The molecule has 0 aliphatic heterocycles. The van der Waals surface area contributed by atoms with E-state index < -0.39 is 16.9 Å². The van der Waals surface area contributed by atoms with Crippen LogP contribution in [0.1, 0.15) is 41.4 Å². The van der Waals surface area contributed by atoms with Crippen molar-refractivity contribution in [2.24, 2.45) is 0 Å². The van der Waals surface area contributed by atoms with Crippen molar-refractivity contribution in [2.75, 3.05) is 20.8 Å². The number of carbonyl (C=O) groups is 1. The van der Waals surface area contributed by atoms with E-state index in [1.807, 2.05) is 12.1 Å². The molecule has 0 fully saturated rings. The summed E-state index contributed by atoms with van der Waals surface area (Å²) in [7, 11) is 2.90. The highest BCUT2D eigenvalue weighted by Gasteiger charge is 2.26. The van der Waals surface area contributed by atoms with E-state index in [4.69, 9.17) is 18.9 Å². The van der Waals surface area contributed by atoms with Crippen LogP contribution in [0.4, 0.5) is 5.69 Å². The van der Waals surface area contributed by atoms with E-state index in [1.165, 1.54) is 26.4 Å². The topological polar surface area (TPSA) is 122 Å². The number of hydrogen-bond acceptors (Lipinski definition) is 8. The van der Waals surface area contributed by atoms with Crippen LogP contribution in [0.2, 0.25) is 0 Å². The molecule has 10 heteroatoms. The van der Waals surface area contributed by atoms with Crippen molar-refractivity contribution < 1.29 is 28.7 Å². The lowest BCUT2D eigenvalue weighted by molar-refractivity contribution is -0.385. The van der Waals surface area contributed by atoms with E-state index in [2.05, 4.69) is 10.3 Å². The molecule has 10 nitrogen and oxygen atoms in total. The smallest absolute Gasteiger partial charge is 0.286 e. The first-order chi connectivity index (χ1) is 16.9. The molecule has 3 rings (SSSR count). The van der Waals surface area contributed by atoms with Crippen molar-refractivity contribution >= 4 is 11.6 Å². The van der Waals surface area contributed by atoms with Crippen LogP contribution in [0, 0.1) is 10.1 Å². The van der Waals surface area contributed by atoms with E-state index in [1.54, 1.807) is 44.4 Å². The quantitative estimate of drug-likeness (QED) is 0.314. The van der Waals surface area contributed by atoms with Gasteiger partial charge in [-0.3, -0.25) is 19.9 Å². The maximum atomic E-state index is 13.0. The Hall–Kier alpha value is -4.34. The summed E-state index contributed by atoms with van der Waals surface area (Å²) in [5.74, 6) is 0.834. The maximum absolute atomic E-state index is 13.0. The number of benzene rings is 2. The number of amides is 1. The molecule has 35 heavy (non-hydrogen) atoms. The first-order valence-corrected chi connectivity index (χ1v) is 10.9. The summed E-state index contributed by atoms with van der Waals surface area (Å²) in [5.41, 5.74) is 1.18. The number of hydrogen-bond donors (Lipinski definition) is 1. The van der Waals surface area contributed by atoms with Crippen molar-refractivity contribution in [3.05, 3.63) is 81.7 Å². The highest BCUT2D eigenvalue weighted by molar-refractivity contribution is 5.99. The second-order valence-electron chi connectivity index (χ2n) is 7.46. The Kier molecular flexibility index (Phi) is 8.44. The second-order valence-corrected chi connectivity index (χ2v) is 7.46. The van der Waals surface area contributed by atoms with Crippen molar-refractivity contribution in [3.8, 4) is 23.0 Å². The van der Waals surface area contributed by atoms with Crippen LogP contribution >= 0.6 is 0 Å².